The van der Waals surface area contributed by atoms with Crippen LogP contribution in [0.2, 0.25) is 0 Å². The van der Waals surface area contributed by atoms with Gasteiger partial charge in [-0.05, 0) is 56.5 Å². The van der Waals surface area contributed by atoms with Crippen molar-refractivity contribution in [1.82, 2.24) is 9.80 Å². The lowest BCUT2D eigenvalue weighted by atomic mass is 10.1. The molecule has 0 radical (unpaired) electrons. The highest BCUT2D eigenvalue weighted by atomic mass is 16.6. The van der Waals surface area contributed by atoms with Gasteiger partial charge in [0.2, 0.25) is 5.91 Å². The van der Waals surface area contributed by atoms with Gasteiger partial charge in [-0.15, -0.1) is 0 Å². The maximum atomic E-state index is 12.6. The number of rotatable bonds is 13. The van der Waals surface area contributed by atoms with Gasteiger partial charge in [-0.25, -0.2) is 4.79 Å². The molecule has 0 aromatic heterocycles. The number of hydrogen-bond donors (Lipinski definition) is 0. The van der Waals surface area contributed by atoms with E-state index in [0.29, 0.717) is 51.0 Å². The topological polar surface area (TPSA) is 77.5 Å². The molecule has 2 aromatic carbocycles. The zero-order valence-corrected chi connectivity index (χ0v) is 23.0. The van der Waals surface area contributed by atoms with Crippen LogP contribution in [-0.4, -0.2) is 80.8 Å². The summed E-state index contributed by atoms with van der Waals surface area (Å²) in [7, 11) is 0. The third kappa shape index (κ3) is 8.89. The maximum Gasteiger partial charge on any atom is 0.344 e. The molecule has 0 N–H and O–H groups in total. The Bertz CT molecular complexity index is 1060. The van der Waals surface area contributed by atoms with E-state index in [1.807, 2.05) is 70.2 Å². The summed E-state index contributed by atoms with van der Waals surface area (Å²) in [5.41, 5.74) is 2.62. The predicted molar refractivity (Wildman–Crippen MR) is 147 cm³/mol. The van der Waals surface area contributed by atoms with E-state index in [-0.39, 0.29) is 18.6 Å². The van der Waals surface area contributed by atoms with Gasteiger partial charge in [-0.3, -0.25) is 9.69 Å². The van der Waals surface area contributed by atoms with Crippen LogP contribution >= 0.6 is 0 Å². The molecular weight excluding hydrogens is 484 g/mol. The van der Waals surface area contributed by atoms with Crippen molar-refractivity contribution < 1.29 is 28.5 Å². The minimum atomic E-state index is -0.449. The van der Waals surface area contributed by atoms with E-state index >= 15 is 0 Å². The Labute approximate surface area is 226 Å². The smallest absolute Gasteiger partial charge is 0.344 e. The normalized spacial score (nSPS) is 15.0. The molecule has 1 aliphatic heterocycles. The Kier molecular flexibility index (Phi) is 11.6. The van der Waals surface area contributed by atoms with Crippen LogP contribution in [-0.2, 0) is 19.1 Å². The number of allylic oxidation sites excluding steroid dienone is 1. The number of hydrogen-bond acceptors (Lipinski definition) is 7. The van der Waals surface area contributed by atoms with Crippen molar-refractivity contribution in [3.05, 3.63) is 65.7 Å². The van der Waals surface area contributed by atoms with Gasteiger partial charge in [0.05, 0.1) is 13.2 Å². The second-order valence-corrected chi connectivity index (χ2v) is 9.13. The second kappa shape index (κ2) is 15.1. The van der Waals surface area contributed by atoms with E-state index in [1.54, 1.807) is 17.0 Å². The van der Waals surface area contributed by atoms with Gasteiger partial charge in [0.15, 0.2) is 18.1 Å². The number of morpholine rings is 1. The van der Waals surface area contributed by atoms with E-state index in [1.165, 1.54) is 0 Å². The summed E-state index contributed by atoms with van der Waals surface area (Å²) in [6.07, 6.45) is 1.39. The number of esters is 1. The van der Waals surface area contributed by atoms with Crippen molar-refractivity contribution in [3.8, 4) is 11.5 Å². The molecule has 0 bridgehead atoms. The quantitative estimate of drug-likeness (QED) is 0.285. The van der Waals surface area contributed by atoms with Crippen molar-refractivity contribution in [2.45, 2.75) is 33.8 Å². The zero-order chi connectivity index (χ0) is 27.3. The van der Waals surface area contributed by atoms with E-state index in [4.69, 9.17) is 18.9 Å². The van der Waals surface area contributed by atoms with Crippen molar-refractivity contribution >= 4 is 17.4 Å². The summed E-state index contributed by atoms with van der Waals surface area (Å²) in [4.78, 5) is 29.0. The SMILES string of the molecule is CCN(CC)C(=O)/C=C(\C)c1ccc(OC(C)c2ccccc2)c(OCC(=O)OCCN2CCOCC2)c1. The van der Waals surface area contributed by atoms with Gasteiger partial charge >= 0.3 is 5.97 Å². The van der Waals surface area contributed by atoms with Crippen molar-refractivity contribution in [2.24, 2.45) is 0 Å². The van der Waals surface area contributed by atoms with Crippen molar-refractivity contribution in [2.75, 3.05) is 59.2 Å². The molecule has 1 fully saturated rings. The van der Waals surface area contributed by atoms with Crippen LogP contribution in [0, 0.1) is 0 Å². The molecule has 0 aliphatic carbocycles. The fourth-order valence-electron chi connectivity index (χ4n) is 4.13. The molecule has 1 amide bonds. The lowest BCUT2D eigenvalue weighted by Gasteiger charge is -2.26. The Morgan fingerprint density at radius 1 is 1.05 bits per heavy atom. The molecule has 206 valence electrons. The van der Waals surface area contributed by atoms with Crippen molar-refractivity contribution in [1.29, 1.82) is 0 Å². The summed E-state index contributed by atoms with van der Waals surface area (Å²) in [5.74, 6) is 0.430. The lowest BCUT2D eigenvalue weighted by molar-refractivity contribution is -0.146. The molecule has 1 heterocycles. The first-order valence-electron chi connectivity index (χ1n) is 13.3. The second-order valence-electron chi connectivity index (χ2n) is 9.13. The van der Waals surface area contributed by atoms with Crippen LogP contribution in [0.25, 0.3) is 5.57 Å². The largest absolute Gasteiger partial charge is 0.482 e. The molecule has 8 heteroatoms. The number of benzene rings is 2. The first kappa shape index (κ1) is 29.2. The summed E-state index contributed by atoms with van der Waals surface area (Å²) >= 11 is 0. The predicted octanol–water partition coefficient (Wildman–Crippen LogP) is 4.35. The summed E-state index contributed by atoms with van der Waals surface area (Å²) in [6.45, 7) is 12.8. The number of carbonyl (C=O) groups excluding carboxylic acids is 2. The monoisotopic (exact) mass is 524 g/mol. The summed E-state index contributed by atoms with van der Waals surface area (Å²) in [5, 5.41) is 0. The average molecular weight is 525 g/mol. The molecule has 8 nitrogen and oxygen atoms in total. The van der Waals surface area contributed by atoms with Crippen LogP contribution in [0.4, 0.5) is 0 Å². The number of likely N-dealkylation sites (N-methyl/N-ethyl adjacent to an activating group) is 1. The van der Waals surface area contributed by atoms with E-state index in [2.05, 4.69) is 4.90 Å². The zero-order valence-electron chi connectivity index (χ0n) is 23.0. The number of nitrogens with zero attached hydrogens (tertiary/aromatic N) is 2. The maximum absolute atomic E-state index is 12.6. The first-order valence-corrected chi connectivity index (χ1v) is 13.3. The molecule has 38 heavy (non-hydrogen) atoms. The standard InChI is InChI=1S/C30H40N2O6/c1-5-32(6-2)29(33)20-23(3)26-12-13-27(38-24(4)25-10-8-7-9-11-25)28(21-26)37-22-30(34)36-19-16-31-14-17-35-18-15-31/h7-13,20-21,24H,5-6,14-19,22H2,1-4H3/b23-20+. The van der Waals surface area contributed by atoms with Gasteiger partial charge in [-0.2, -0.15) is 0 Å². The van der Waals surface area contributed by atoms with Gasteiger partial charge in [-0.1, -0.05) is 36.4 Å². The van der Waals surface area contributed by atoms with E-state index < -0.39 is 5.97 Å². The fourth-order valence-corrected chi connectivity index (χ4v) is 4.13. The molecule has 1 aliphatic rings. The average Bonchev–Trinajstić information content (AvgIpc) is 2.94. The van der Waals surface area contributed by atoms with E-state index in [0.717, 1.165) is 29.8 Å². The highest BCUT2D eigenvalue weighted by molar-refractivity contribution is 5.95. The number of amides is 1. The van der Waals surface area contributed by atoms with Gasteiger partial charge in [0.1, 0.15) is 12.7 Å². The van der Waals surface area contributed by atoms with Crippen molar-refractivity contribution in [3.63, 3.8) is 0 Å². The summed E-state index contributed by atoms with van der Waals surface area (Å²) < 4.78 is 22.9. The first-order chi connectivity index (χ1) is 18.4. The summed E-state index contributed by atoms with van der Waals surface area (Å²) in [6, 6.07) is 15.4. The van der Waals surface area contributed by atoms with Crippen LogP contribution in [0.15, 0.2) is 54.6 Å². The molecule has 2 aromatic rings. The third-order valence-electron chi connectivity index (χ3n) is 6.51. The highest BCUT2D eigenvalue weighted by Crippen LogP contribution is 2.34. The van der Waals surface area contributed by atoms with E-state index in [9.17, 15) is 9.59 Å². The Morgan fingerprint density at radius 2 is 1.76 bits per heavy atom. The minimum absolute atomic E-state index is 0.0446. The lowest BCUT2D eigenvalue weighted by Crippen LogP contribution is -2.38. The molecule has 1 saturated heterocycles. The van der Waals surface area contributed by atoms with Gasteiger partial charge < -0.3 is 23.8 Å². The van der Waals surface area contributed by atoms with Crippen LogP contribution < -0.4 is 9.47 Å². The Balaban J connectivity index is 1.71. The number of ether oxygens (including phenoxy) is 4. The highest BCUT2D eigenvalue weighted by Gasteiger charge is 2.16. The van der Waals surface area contributed by atoms with Crippen LogP contribution in [0.1, 0.15) is 44.9 Å². The fraction of sp³-hybridized carbons (Fsp3) is 0.467. The van der Waals surface area contributed by atoms with Crippen LogP contribution in [0.5, 0.6) is 11.5 Å². The molecule has 1 unspecified atom stereocenters. The van der Waals surface area contributed by atoms with Crippen LogP contribution in [0.3, 0.4) is 0 Å². The molecule has 0 saturated carbocycles. The molecular formula is C30H40N2O6. The Morgan fingerprint density at radius 3 is 2.45 bits per heavy atom. The van der Waals surface area contributed by atoms with Gasteiger partial charge in [0.25, 0.3) is 0 Å². The Hall–Kier alpha value is -3.36. The molecule has 1 atom stereocenters. The number of carbonyl (C=O) groups is 2. The minimum Gasteiger partial charge on any atom is -0.482 e. The third-order valence-corrected chi connectivity index (χ3v) is 6.51. The van der Waals surface area contributed by atoms with Gasteiger partial charge in [0, 0.05) is 38.8 Å². The molecule has 0 spiro atoms. The molecule has 3 rings (SSSR count).